The summed E-state index contributed by atoms with van der Waals surface area (Å²) in [6, 6.07) is 0. The minimum Gasteiger partial charge on any atom is -0.199 e. The van der Waals surface area contributed by atoms with Crippen LogP contribution < -0.4 is 0 Å². The molecule has 0 aliphatic carbocycles. The third-order valence-electron chi connectivity index (χ3n) is 4.02. The Kier molecular flexibility index (Phi) is 8.46. The summed E-state index contributed by atoms with van der Waals surface area (Å²) in [5.74, 6) is -39.1. The third kappa shape index (κ3) is 4.30. The highest BCUT2D eigenvalue weighted by molar-refractivity contribution is 14.1. The molecule has 0 amide bonds. The zero-order chi connectivity index (χ0) is 23.0. The fraction of sp³-hybridized carbons (Fsp3) is 1.00. The van der Waals surface area contributed by atoms with Gasteiger partial charge >= 0.3 is 35.8 Å². The second-order valence-electron chi connectivity index (χ2n) is 6.12. The number of hydrogen-bond donors (Lipinski definition) is 0. The van der Waals surface area contributed by atoms with Crippen molar-refractivity contribution in [3.05, 3.63) is 0 Å². The molecule has 0 N–H and O–H groups in total. The van der Waals surface area contributed by atoms with Gasteiger partial charge in [0.1, 0.15) is 0 Å². The zero-order valence-corrected chi connectivity index (χ0v) is 16.4. The Hall–Kier alpha value is -0.180. The van der Waals surface area contributed by atoms with Gasteiger partial charge in [0.25, 0.3) is 0 Å². The number of hydrogen-bond acceptors (Lipinski definition) is 0. The first-order valence-electron chi connectivity index (χ1n) is 7.78. The Morgan fingerprint density at radius 2 is 0.929 bits per heavy atom. The quantitative estimate of drug-likeness (QED) is 0.146. The molecule has 28 heavy (non-hydrogen) atoms. The summed E-state index contributed by atoms with van der Waals surface area (Å²) in [4.78, 5) is 0. The molecule has 0 fully saturated rings. The molecule has 0 saturated heterocycles. The van der Waals surface area contributed by atoms with E-state index >= 15 is 0 Å². The number of alkyl halides is 14. The van der Waals surface area contributed by atoms with E-state index in [0.29, 0.717) is 0 Å². The monoisotopic (exact) mass is 558 g/mol. The Bertz CT molecular complexity index is 512. The van der Waals surface area contributed by atoms with Crippen LogP contribution in [0.5, 0.6) is 0 Å². The highest BCUT2D eigenvalue weighted by Gasteiger charge is 2.91. The number of rotatable bonds is 10. The molecule has 0 aliphatic rings. The summed E-state index contributed by atoms with van der Waals surface area (Å²) in [6.45, 7) is 2.60. The van der Waals surface area contributed by atoms with E-state index < -0.39 is 52.1 Å². The van der Waals surface area contributed by atoms with Gasteiger partial charge in [-0.25, -0.2) is 0 Å². The molecule has 0 spiro atoms. The van der Waals surface area contributed by atoms with Crippen LogP contribution in [0.3, 0.4) is 0 Å². The van der Waals surface area contributed by atoms with E-state index in [0.717, 1.165) is 0 Å². The van der Waals surface area contributed by atoms with Gasteiger partial charge in [-0.2, -0.15) is 57.1 Å². The molecule has 0 rings (SSSR count). The van der Waals surface area contributed by atoms with Crippen LogP contribution in [-0.4, -0.2) is 39.7 Å². The molecule has 0 nitrogen and oxygen atoms in total. The van der Waals surface area contributed by atoms with Gasteiger partial charge in [0.05, 0.1) is 0 Å². The molecular formula is C14H16F13I. The second kappa shape index (κ2) is 8.52. The van der Waals surface area contributed by atoms with Gasteiger partial charge in [-0.1, -0.05) is 49.3 Å². The topological polar surface area (TPSA) is 0 Å². The molecular weight excluding hydrogens is 542 g/mol. The zero-order valence-electron chi connectivity index (χ0n) is 14.3. The van der Waals surface area contributed by atoms with Crippen molar-refractivity contribution in [2.45, 2.75) is 79.2 Å². The van der Waals surface area contributed by atoms with Crippen molar-refractivity contribution in [2.24, 2.45) is 5.92 Å². The van der Waals surface area contributed by atoms with Crippen LogP contribution in [-0.2, 0) is 0 Å². The lowest BCUT2D eigenvalue weighted by atomic mass is 9.82. The summed E-state index contributed by atoms with van der Waals surface area (Å²) >= 11 is 1.20. The fourth-order valence-corrected chi connectivity index (χ4v) is 3.83. The third-order valence-corrected chi connectivity index (χ3v) is 5.52. The van der Waals surface area contributed by atoms with Crippen molar-refractivity contribution in [2.75, 3.05) is 0 Å². The van der Waals surface area contributed by atoms with Gasteiger partial charge in [-0.15, -0.1) is 0 Å². The summed E-state index contributed by atoms with van der Waals surface area (Å²) in [5.41, 5.74) is 0. The Labute approximate surface area is 165 Å². The molecule has 0 aromatic rings. The van der Waals surface area contributed by atoms with Crippen molar-refractivity contribution in [3.8, 4) is 0 Å². The van der Waals surface area contributed by atoms with E-state index in [1.807, 2.05) is 0 Å². The predicted molar refractivity (Wildman–Crippen MR) is 81.9 cm³/mol. The van der Waals surface area contributed by atoms with Gasteiger partial charge in [0.15, 0.2) is 0 Å². The molecule has 0 radical (unpaired) electrons. The molecule has 0 saturated carbocycles. The predicted octanol–water partition coefficient (Wildman–Crippen LogP) is 7.75. The lowest BCUT2D eigenvalue weighted by Gasteiger charge is -2.42. The van der Waals surface area contributed by atoms with E-state index in [9.17, 15) is 57.1 Å². The van der Waals surface area contributed by atoms with Crippen molar-refractivity contribution in [3.63, 3.8) is 0 Å². The van der Waals surface area contributed by atoms with Crippen molar-refractivity contribution < 1.29 is 57.1 Å². The average Bonchev–Trinajstić information content (AvgIpc) is 2.50. The molecule has 0 aromatic carbocycles. The molecule has 2 atom stereocenters. The Morgan fingerprint density at radius 3 is 1.25 bits per heavy atom. The van der Waals surface area contributed by atoms with Crippen LogP contribution in [0.15, 0.2) is 0 Å². The van der Waals surface area contributed by atoms with E-state index in [1.54, 1.807) is 0 Å². The first kappa shape index (κ1) is 27.8. The molecule has 2 unspecified atom stereocenters. The maximum Gasteiger partial charge on any atom is 0.460 e. The van der Waals surface area contributed by atoms with Gasteiger partial charge in [-0.05, 0) is 12.8 Å². The smallest absolute Gasteiger partial charge is 0.199 e. The summed E-state index contributed by atoms with van der Waals surface area (Å²) in [6.07, 6.45) is -8.69. The van der Waals surface area contributed by atoms with E-state index in [2.05, 4.69) is 0 Å². The summed E-state index contributed by atoms with van der Waals surface area (Å²) in [7, 11) is 0. The standard InChI is InChI=1S/C14H16F13I/c1-3-5-7(8(28)6-4-2)9(15,16)10(17,18)11(19,20)12(21,22)13(23,24)14(25,26)27/h7-8H,3-6H2,1-2H3. The average molecular weight is 558 g/mol. The largest absolute Gasteiger partial charge is 0.460 e. The number of halogens is 14. The van der Waals surface area contributed by atoms with Crippen molar-refractivity contribution >= 4 is 22.6 Å². The fourth-order valence-electron chi connectivity index (χ4n) is 2.39. The maximum atomic E-state index is 14.2. The van der Waals surface area contributed by atoms with Crippen molar-refractivity contribution in [1.82, 2.24) is 0 Å². The lowest BCUT2D eigenvalue weighted by Crippen LogP contribution is -2.71. The van der Waals surface area contributed by atoms with E-state index in [4.69, 9.17) is 0 Å². The Morgan fingerprint density at radius 1 is 0.571 bits per heavy atom. The van der Waals surface area contributed by atoms with E-state index in [1.165, 1.54) is 36.4 Å². The molecule has 0 heterocycles. The maximum absolute atomic E-state index is 14.2. The summed E-state index contributed by atoms with van der Waals surface area (Å²) in [5, 5.41) is 0. The van der Waals surface area contributed by atoms with Gasteiger partial charge in [0.2, 0.25) is 0 Å². The second-order valence-corrected chi connectivity index (χ2v) is 7.72. The molecule has 170 valence electrons. The highest BCUT2D eigenvalue weighted by atomic mass is 127. The van der Waals surface area contributed by atoms with Crippen LogP contribution in [0.1, 0.15) is 39.5 Å². The summed E-state index contributed by atoms with van der Waals surface area (Å²) < 4.78 is 170. The molecule has 14 heteroatoms. The van der Waals surface area contributed by atoms with Gasteiger partial charge in [0, 0.05) is 9.84 Å². The minimum absolute atomic E-state index is 0.105. The molecule has 0 bridgehead atoms. The van der Waals surface area contributed by atoms with Crippen LogP contribution >= 0.6 is 22.6 Å². The first-order valence-corrected chi connectivity index (χ1v) is 9.02. The van der Waals surface area contributed by atoms with Crippen LogP contribution in [0.2, 0.25) is 0 Å². The van der Waals surface area contributed by atoms with Crippen LogP contribution in [0.4, 0.5) is 57.1 Å². The lowest BCUT2D eigenvalue weighted by molar-refractivity contribution is -0.443. The van der Waals surface area contributed by atoms with Gasteiger partial charge < -0.3 is 0 Å². The SMILES string of the molecule is CCCC(I)C(CCC)C(F)(F)C(F)(F)C(F)(F)C(F)(F)C(F)(F)C(F)(F)F. The van der Waals surface area contributed by atoms with Crippen LogP contribution in [0, 0.1) is 5.92 Å². The molecule has 0 aromatic heterocycles. The minimum atomic E-state index is -7.84. The van der Waals surface area contributed by atoms with Crippen molar-refractivity contribution in [1.29, 1.82) is 0 Å². The van der Waals surface area contributed by atoms with E-state index in [-0.39, 0.29) is 19.3 Å². The first-order chi connectivity index (χ1) is 12.2. The van der Waals surface area contributed by atoms with Crippen LogP contribution in [0.25, 0.3) is 0 Å². The van der Waals surface area contributed by atoms with Gasteiger partial charge in [-0.3, -0.25) is 0 Å². The Balaban J connectivity index is 6.43. The molecule has 0 aliphatic heterocycles. The normalized spacial score (nSPS) is 17.6. The highest BCUT2D eigenvalue weighted by Crippen LogP contribution is 2.62.